The van der Waals surface area contributed by atoms with Crippen LogP contribution in [0.4, 0.5) is 17.2 Å². The number of hydrogen-bond donors (Lipinski definition) is 2. The monoisotopic (exact) mass is 245 g/mol. The molecule has 0 saturated heterocycles. The highest BCUT2D eigenvalue weighted by Gasteiger charge is 2.05. The number of methoxy groups -OCH3 is 2. The third-order valence-electron chi connectivity index (χ3n) is 2.46. The molecular formula is C13H15N3O2. The number of benzene rings is 1. The SMILES string of the molecule is COc1ccc(Nc2ccc(N)cn2)c(OC)c1. The van der Waals surface area contributed by atoms with E-state index >= 15 is 0 Å². The number of aromatic nitrogens is 1. The van der Waals surface area contributed by atoms with Gasteiger partial charge in [0.15, 0.2) is 0 Å². The van der Waals surface area contributed by atoms with Crippen molar-refractivity contribution in [3.8, 4) is 11.5 Å². The molecule has 0 saturated carbocycles. The smallest absolute Gasteiger partial charge is 0.146 e. The van der Waals surface area contributed by atoms with Crippen LogP contribution in [-0.4, -0.2) is 19.2 Å². The van der Waals surface area contributed by atoms with Gasteiger partial charge in [-0.1, -0.05) is 0 Å². The van der Waals surface area contributed by atoms with Crippen LogP contribution < -0.4 is 20.5 Å². The third-order valence-corrected chi connectivity index (χ3v) is 2.46. The van der Waals surface area contributed by atoms with E-state index in [-0.39, 0.29) is 0 Å². The number of anilines is 3. The predicted molar refractivity (Wildman–Crippen MR) is 71.5 cm³/mol. The van der Waals surface area contributed by atoms with Crippen molar-refractivity contribution >= 4 is 17.2 Å². The molecule has 1 aromatic heterocycles. The normalized spacial score (nSPS) is 9.89. The molecule has 0 aliphatic heterocycles. The van der Waals surface area contributed by atoms with Crippen LogP contribution in [0.5, 0.6) is 11.5 Å². The van der Waals surface area contributed by atoms with E-state index in [1.165, 1.54) is 0 Å². The molecule has 0 spiro atoms. The van der Waals surface area contributed by atoms with Gasteiger partial charge in [-0.3, -0.25) is 0 Å². The molecule has 5 nitrogen and oxygen atoms in total. The van der Waals surface area contributed by atoms with Crippen LogP contribution in [-0.2, 0) is 0 Å². The number of pyridine rings is 1. The van der Waals surface area contributed by atoms with Gasteiger partial charge in [-0.2, -0.15) is 0 Å². The molecular weight excluding hydrogens is 230 g/mol. The summed E-state index contributed by atoms with van der Waals surface area (Å²) in [5.41, 5.74) is 7.02. The van der Waals surface area contributed by atoms with E-state index in [0.29, 0.717) is 17.3 Å². The van der Waals surface area contributed by atoms with E-state index in [1.54, 1.807) is 38.6 Å². The Kier molecular flexibility index (Phi) is 3.52. The van der Waals surface area contributed by atoms with Crippen molar-refractivity contribution in [2.45, 2.75) is 0 Å². The topological polar surface area (TPSA) is 69.4 Å². The van der Waals surface area contributed by atoms with Gasteiger partial charge in [-0.05, 0) is 24.3 Å². The first-order valence-electron chi connectivity index (χ1n) is 5.43. The van der Waals surface area contributed by atoms with E-state index in [1.807, 2.05) is 12.1 Å². The molecule has 1 aromatic carbocycles. The van der Waals surface area contributed by atoms with Gasteiger partial charge in [0.2, 0.25) is 0 Å². The molecule has 0 amide bonds. The van der Waals surface area contributed by atoms with E-state index < -0.39 is 0 Å². The summed E-state index contributed by atoms with van der Waals surface area (Å²) in [6, 6.07) is 9.11. The van der Waals surface area contributed by atoms with Crippen LogP contribution in [0.1, 0.15) is 0 Å². The second-order valence-electron chi connectivity index (χ2n) is 3.67. The van der Waals surface area contributed by atoms with Crippen molar-refractivity contribution in [2.24, 2.45) is 0 Å². The van der Waals surface area contributed by atoms with Crippen LogP contribution in [0.25, 0.3) is 0 Å². The molecule has 94 valence electrons. The van der Waals surface area contributed by atoms with Crippen molar-refractivity contribution in [1.29, 1.82) is 0 Å². The average Bonchev–Trinajstić information content (AvgIpc) is 2.41. The molecule has 18 heavy (non-hydrogen) atoms. The minimum absolute atomic E-state index is 0.627. The van der Waals surface area contributed by atoms with Gasteiger partial charge in [0.1, 0.15) is 17.3 Å². The quantitative estimate of drug-likeness (QED) is 0.865. The van der Waals surface area contributed by atoms with Crippen LogP contribution in [0.15, 0.2) is 36.5 Å². The largest absolute Gasteiger partial charge is 0.497 e. The summed E-state index contributed by atoms with van der Waals surface area (Å²) in [6.45, 7) is 0. The molecule has 1 heterocycles. The second kappa shape index (κ2) is 5.27. The summed E-state index contributed by atoms with van der Waals surface area (Å²) >= 11 is 0. The minimum atomic E-state index is 0.627. The Morgan fingerprint density at radius 2 is 1.94 bits per heavy atom. The van der Waals surface area contributed by atoms with Gasteiger partial charge in [-0.15, -0.1) is 0 Å². The molecule has 3 N–H and O–H groups in total. The van der Waals surface area contributed by atoms with Crippen LogP contribution in [0.3, 0.4) is 0 Å². The summed E-state index contributed by atoms with van der Waals surface area (Å²) in [5, 5.41) is 3.15. The third kappa shape index (κ3) is 2.63. The summed E-state index contributed by atoms with van der Waals surface area (Å²) in [7, 11) is 3.22. The lowest BCUT2D eigenvalue weighted by molar-refractivity contribution is 0.395. The fourth-order valence-corrected chi connectivity index (χ4v) is 1.52. The van der Waals surface area contributed by atoms with Crippen molar-refractivity contribution in [3.63, 3.8) is 0 Å². The Balaban J connectivity index is 2.25. The van der Waals surface area contributed by atoms with Gasteiger partial charge in [0.05, 0.1) is 31.8 Å². The zero-order valence-electron chi connectivity index (χ0n) is 10.3. The number of nitrogens with zero attached hydrogens (tertiary/aromatic N) is 1. The van der Waals surface area contributed by atoms with Crippen LogP contribution >= 0.6 is 0 Å². The number of nitrogens with one attached hydrogen (secondary N) is 1. The molecule has 5 heteroatoms. The number of nitrogen functional groups attached to an aromatic ring is 1. The van der Waals surface area contributed by atoms with E-state index in [4.69, 9.17) is 15.2 Å². The van der Waals surface area contributed by atoms with Crippen molar-refractivity contribution in [3.05, 3.63) is 36.5 Å². The Hall–Kier alpha value is -2.43. The first kappa shape index (κ1) is 12.0. The molecule has 0 aliphatic rings. The predicted octanol–water partition coefficient (Wildman–Crippen LogP) is 2.42. The fourth-order valence-electron chi connectivity index (χ4n) is 1.52. The lowest BCUT2D eigenvalue weighted by Crippen LogP contribution is -1.97. The lowest BCUT2D eigenvalue weighted by Gasteiger charge is -2.11. The van der Waals surface area contributed by atoms with Gasteiger partial charge in [-0.25, -0.2) is 4.98 Å². The van der Waals surface area contributed by atoms with Gasteiger partial charge < -0.3 is 20.5 Å². The highest BCUT2D eigenvalue weighted by Crippen LogP contribution is 2.30. The van der Waals surface area contributed by atoms with Crippen molar-refractivity contribution < 1.29 is 9.47 Å². The number of nitrogens with two attached hydrogens (primary N) is 1. The molecule has 0 unspecified atom stereocenters. The van der Waals surface area contributed by atoms with Crippen LogP contribution in [0, 0.1) is 0 Å². The number of hydrogen-bond acceptors (Lipinski definition) is 5. The van der Waals surface area contributed by atoms with Crippen LogP contribution in [0.2, 0.25) is 0 Å². The average molecular weight is 245 g/mol. The van der Waals surface area contributed by atoms with E-state index in [9.17, 15) is 0 Å². The molecule has 0 bridgehead atoms. The fraction of sp³-hybridized carbons (Fsp3) is 0.154. The minimum Gasteiger partial charge on any atom is -0.497 e. The molecule has 0 fully saturated rings. The Morgan fingerprint density at radius 1 is 1.11 bits per heavy atom. The highest BCUT2D eigenvalue weighted by molar-refractivity contribution is 5.66. The number of ether oxygens (including phenoxy) is 2. The zero-order valence-corrected chi connectivity index (χ0v) is 10.3. The maximum atomic E-state index is 5.58. The standard InChI is InChI=1S/C13H15N3O2/c1-17-10-4-5-11(12(7-10)18-2)16-13-6-3-9(14)8-15-13/h3-8H,14H2,1-2H3,(H,15,16). The van der Waals surface area contributed by atoms with Crippen molar-refractivity contribution in [1.82, 2.24) is 4.98 Å². The molecule has 0 atom stereocenters. The maximum Gasteiger partial charge on any atom is 0.146 e. The second-order valence-corrected chi connectivity index (χ2v) is 3.67. The zero-order chi connectivity index (χ0) is 13.0. The molecule has 2 rings (SSSR count). The lowest BCUT2D eigenvalue weighted by atomic mass is 10.2. The Labute approximate surface area is 106 Å². The number of rotatable bonds is 4. The Morgan fingerprint density at radius 3 is 2.56 bits per heavy atom. The molecule has 0 radical (unpaired) electrons. The highest BCUT2D eigenvalue weighted by atomic mass is 16.5. The maximum absolute atomic E-state index is 5.58. The van der Waals surface area contributed by atoms with E-state index in [2.05, 4.69) is 10.3 Å². The van der Waals surface area contributed by atoms with Gasteiger partial charge in [0.25, 0.3) is 0 Å². The van der Waals surface area contributed by atoms with E-state index in [0.717, 1.165) is 11.4 Å². The molecule has 2 aromatic rings. The first-order chi connectivity index (χ1) is 8.72. The van der Waals surface area contributed by atoms with Crippen molar-refractivity contribution in [2.75, 3.05) is 25.3 Å². The summed E-state index contributed by atoms with van der Waals surface area (Å²) < 4.78 is 10.4. The Bertz CT molecular complexity index is 526. The summed E-state index contributed by atoms with van der Waals surface area (Å²) in [4.78, 5) is 4.17. The van der Waals surface area contributed by atoms with Gasteiger partial charge >= 0.3 is 0 Å². The molecule has 0 aliphatic carbocycles. The van der Waals surface area contributed by atoms with Gasteiger partial charge in [0, 0.05) is 6.07 Å². The summed E-state index contributed by atoms with van der Waals surface area (Å²) in [6.07, 6.45) is 1.60. The first-order valence-corrected chi connectivity index (χ1v) is 5.43. The summed E-state index contributed by atoms with van der Waals surface area (Å²) in [5.74, 6) is 2.13.